The van der Waals surface area contributed by atoms with Gasteiger partial charge >= 0.3 is 6.09 Å². The first kappa shape index (κ1) is 25.4. The summed E-state index contributed by atoms with van der Waals surface area (Å²) in [6, 6.07) is 26.1. The largest absolute Gasteiger partial charge is 0.451 e. The van der Waals surface area contributed by atoms with E-state index >= 15 is 0 Å². The van der Waals surface area contributed by atoms with Crippen LogP contribution in [0.4, 0.5) is 10.5 Å². The van der Waals surface area contributed by atoms with Crippen LogP contribution < -0.4 is 10.4 Å². The van der Waals surface area contributed by atoms with Crippen LogP contribution in [-0.2, 0) is 11.3 Å². The van der Waals surface area contributed by atoms with Crippen LogP contribution in [-0.4, -0.2) is 53.3 Å². The Kier molecular flexibility index (Phi) is 7.62. The summed E-state index contributed by atoms with van der Waals surface area (Å²) < 4.78 is 4.91. The Labute approximate surface area is 221 Å². The molecule has 38 heavy (non-hydrogen) atoms. The van der Waals surface area contributed by atoms with E-state index in [0.29, 0.717) is 34.4 Å². The minimum absolute atomic E-state index is 0.282. The Morgan fingerprint density at radius 2 is 1.84 bits per heavy atom. The second-order valence-corrected chi connectivity index (χ2v) is 9.39. The third kappa shape index (κ3) is 5.66. The summed E-state index contributed by atoms with van der Waals surface area (Å²) in [5.74, 6) is -0.461. The molecule has 194 valence electrons. The van der Waals surface area contributed by atoms with Crippen molar-refractivity contribution in [2.75, 3.05) is 25.2 Å². The maximum absolute atomic E-state index is 13.6. The number of amides is 2. The molecule has 1 unspecified atom stereocenters. The molecule has 0 aliphatic carbocycles. The summed E-state index contributed by atoms with van der Waals surface area (Å²) in [5, 5.41) is 11.8. The zero-order chi connectivity index (χ0) is 26.5. The topological polar surface area (TPSA) is 95.0 Å². The number of carbonyl (C=O) groups is 2. The second-order valence-electron chi connectivity index (χ2n) is 9.39. The average molecular weight is 511 g/mol. The monoisotopic (exact) mass is 510 g/mol. The highest BCUT2D eigenvalue weighted by molar-refractivity contribution is 6.09. The summed E-state index contributed by atoms with van der Waals surface area (Å²) in [5.41, 5.74) is 6.88. The number of methoxy groups -OCH3 is 1. The number of carbonyl (C=O) groups excluding carboxylic acids is 2. The summed E-state index contributed by atoms with van der Waals surface area (Å²) in [6.45, 7) is 2.36. The van der Waals surface area contributed by atoms with Gasteiger partial charge in [0.25, 0.3) is 5.91 Å². The van der Waals surface area contributed by atoms with Gasteiger partial charge in [0.2, 0.25) is 0 Å². The molecule has 1 atom stereocenters. The number of para-hydroxylation sites is 2. The summed E-state index contributed by atoms with van der Waals surface area (Å²) in [7, 11) is 1.27. The first-order valence-electron chi connectivity index (χ1n) is 12.7. The number of fused-ring (bicyclic) bond motifs is 1. The zero-order valence-electron chi connectivity index (χ0n) is 21.2. The van der Waals surface area contributed by atoms with Crippen LogP contribution >= 0.6 is 0 Å². The fourth-order valence-corrected chi connectivity index (χ4v) is 4.82. The van der Waals surface area contributed by atoms with E-state index in [9.17, 15) is 14.7 Å². The highest BCUT2D eigenvalue weighted by Crippen LogP contribution is 2.27. The number of hydrazine groups is 1. The Balaban J connectivity index is 1.48. The lowest BCUT2D eigenvalue weighted by atomic mass is 10.0. The molecule has 0 bridgehead atoms. The molecule has 2 N–H and O–H groups in total. The Morgan fingerprint density at radius 1 is 1.05 bits per heavy atom. The molecule has 1 aliphatic heterocycles. The van der Waals surface area contributed by atoms with Crippen molar-refractivity contribution in [1.82, 2.24) is 15.3 Å². The van der Waals surface area contributed by atoms with Crippen LogP contribution in [0.1, 0.15) is 28.8 Å². The van der Waals surface area contributed by atoms with E-state index in [1.807, 2.05) is 42.5 Å². The lowest BCUT2D eigenvalue weighted by Crippen LogP contribution is -2.46. The van der Waals surface area contributed by atoms with E-state index in [1.165, 1.54) is 7.11 Å². The predicted molar refractivity (Wildman–Crippen MR) is 146 cm³/mol. The van der Waals surface area contributed by atoms with E-state index in [-0.39, 0.29) is 6.10 Å². The van der Waals surface area contributed by atoms with Crippen molar-refractivity contribution in [3.05, 3.63) is 96.1 Å². The molecule has 1 aliphatic rings. The van der Waals surface area contributed by atoms with Gasteiger partial charge in [-0.3, -0.25) is 15.1 Å². The van der Waals surface area contributed by atoms with Gasteiger partial charge < -0.3 is 9.84 Å². The molecule has 0 radical (unpaired) electrons. The number of nitrogens with one attached hydrogen (secondary N) is 1. The number of rotatable bonds is 5. The number of hydrogen-bond acceptors (Lipinski definition) is 6. The van der Waals surface area contributed by atoms with Crippen LogP contribution in [0.15, 0.2) is 84.9 Å². The van der Waals surface area contributed by atoms with Gasteiger partial charge in [-0.1, -0.05) is 54.6 Å². The van der Waals surface area contributed by atoms with E-state index < -0.39 is 12.0 Å². The van der Waals surface area contributed by atoms with Gasteiger partial charge in [0.05, 0.1) is 35.7 Å². The van der Waals surface area contributed by atoms with Crippen molar-refractivity contribution in [1.29, 1.82) is 0 Å². The van der Waals surface area contributed by atoms with Gasteiger partial charge in [-0.25, -0.2) is 9.78 Å². The SMILES string of the molecule is COC(=O)N(NC(=O)c1cc(-c2cccc(CN3CCCC(O)C3)c2)nc2ccccc12)c1ccccc1. The third-order valence-corrected chi connectivity index (χ3v) is 6.66. The first-order valence-corrected chi connectivity index (χ1v) is 12.7. The van der Waals surface area contributed by atoms with Crippen LogP contribution in [0.3, 0.4) is 0 Å². The molecule has 1 saturated heterocycles. The van der Waals surface area contributed by atoms with E-state index in [0.717, 1.165) is 42.1 Å². The molecular weight excluding hydrogens is 480 g/mol. The number of pyridine rings is 1. The number of ether oxygens (including phenoxy) is 1. The Morgan fingerprint density at radius 3 is 2.63 bits per heavy atom. The van der Waals surface area contributed by atoms with Crippen LogP contribution in [0.2, 0.25) is 0 Å². The molecule has 8 nitrogen and oxygen atoms in total. The van der Waals surface area contributed by atoms with Gasteiger partial charge in [-0.15, -0.1) is 0 Å². The molecule has 5 rings (SSSR count). The molecule has 1 fully saturated rings. The number of aromatic nitrogens is 1. The van der Waals surface area contributed by atoms with Crippen molar-refractivity contribution < 1.29 is 19.4 Å². The number of nitrogens with zero attached hydrogens (tertiary/aromatic N) is 3. The second kappa shape index (κ2) is 11.4. The van der Waals surface area contributed by atoms with Gasteiger partial charge in [-0.05, 0) is 55.3 Å². The quantitative estimate of drug-likeness (QED) is 0.376. The third-order valence-electron chi connectivity index (χ3n) is 6.66. The van der Waals surface area contributed by atoms with Gasteiger partial charge in [0.1, 0.15) is 0 Å². The highest BCUT2D eigenvalue weighted by atomic mass is 16.5. The van der Waals surface area contributed by atoms with E-state index in [4.69, 9.17) is 9.72 Å². The van der Waals surface area contributed by atoms with Gasteiger partial charge in [0, 0.05) is 24.0 Å². The van der Waals surface area contributed by atoms with Crippen molar-refractivity contribution in [2.45, 2.75) is 25.5 Å². The molecule has 0 saturated carbocycles. The predicted octanol–water partition coefficient (Wildman–Crippen LogP) is 4.78. The molecule has 1 aromatic heterocycles. The fraction of sp³-hybridized carbons (Fsp3) is 0.233. The summed E-state index contributed by atoms with van der Waals surface area (Å²) >= 11 is 0. The molecular formula is C30H30N4O4. The minimum atomic E-state index is -0.710. The summed E-state index contributed by atoms with van der Waals surface area (Å²) in [6.07, 6.45) is 0.839. The molecule has 8 heteroatoms. The molecule has 4 aromatic rings. The molecule has 3 aromatic carbocycles. The lowest BCUT2D eigenvalue weighted by molar-refractivity contribution is 0.0668. The number of β-amino-alcohol motifs (C(OH)–C–C–N with tert-alkyl or cyclic N) is 1. The lowest BCUT2D eigenvalue weighted by Gasteiger charge is -2.30. The smallest absolute Gasteiger partial charge is 0.433 e. The van der Waals surface area contributed by atoms with Crippen LogP contribution in [0, 0.1) is 0 Å². The van der Waals surface area contributed by atoms with Gasteiger partial charge in [-0.2, -0.15) is 5.01 Å². The van der Waals surface area contributed by atoms with Crippen molar-refractivity contribution >= 4 is 28.6 Å². The number of anilines is 1. The maximum Gasteiger partial charge on any atom is 0.433 e. The number of hydrogen-bond donors (Lipinski definition) is 2. The highest BCUT2D eigenvalue weighted by Gasteiger charge is 2.22. The number of benzene rings is 3. The zero-order valence-corrected chi connectivity index (χ0v) is 21.2. The number of likely N-dealkylation sites (tertiary alicyclic amines) is 1. The molecule has 2 amide bonds. The fourth-order valence-electron chi connectivity index (χ4n) is 4.82. The number of aliphatic hydroxyl groups is 1. The first-order chi connectivity index (χ1) is 18.5. The van der Waals surface area contributed by atoms with Crippen LogP contribution in [0.5, 0.6) is 0 Å². The number of aliphatic hydroxyl groups excluding tert-OH is 1. The average Bonchev–Trinajstić information content (AvgIpc) is 2.95. The standard InChI is InChI=1S/C30H30N4O4/c1-38-30(37)34(23-11-3-2-4-12-23)32-29(36)26-18-28(31-27-15-6-5-14-25(26)27)22-10-7-9-21(17-22)19-33-16-8-13-24(35)20-33/h2-7,9-12,14-15,17-18,24,35H,8,13,16,19-20H2,1H3,(H,32,36). The molecule has 2 heterocycles. The maximum atomic E-state index is 13.6. The van der Waals surface area contributed by atoms with E-state index in [2.05, 4.69) is 22.5 Å². The summed E-state index contributed by atoms with van der Waals surface area (Å²) in [4.78, 5) is 33.2. The van der Waals surface area contributed by atoms with Crippen molar-refractivity contribution in [2.24, 2.45) is 0 Å². The Hall–Kier alpha value is -4.27. The minimum Gasteiger partial charge on any atom is -0.451 e. The van der Waals surface area contributed by atoms with Gasteiger partial charge in [0.15, 0.2) is 0 Å². The van der Waals surface area contributed by atoms with Crippen LogP contribution in [0.25, 0.3) is 22.2 Å². The van der Waals surface area contributed by atoms with Crippen molar-refractivity contribution in [3.63, 3.8) is 0 Å². The Bertz CT molecular complexity index is 1440. The molecule has 0 spiro atoms. The number of piperidine rings is 1. The van der Waals surface area contributed by atoms with E-state index in [1.54, 1.807) is 30.3 Å². The normalized spacial score (nSPS) is 15.7. The van der Waals surface area contributed by atoms with Crippen molar-refractivity contribution in [3.8, 4) is 11.3 Å².